The molecule has 24 heavy (non-hydrogen) atoms. The Kier molecular flexibility index (Phi) is 9.53. The molecule has 0 aliphatic heterocycles. The third-order valence-corrected chi connectivity index (χ3v) is 4.21. The number of nitrogens with one attached hydrogen (secondary N) is 2. The molecular formula is C19H32N2O2S. The summed E-state index contributed by atoms with van der Waals surface area (Å²) in [5, 5.41) is 7.36. The van der Waals surface area contributed by atoms with Crippen LogP contribution in [0.15, 0.2) is 18.2 Å². The lowest BCUT2D eigenvalue weighted by atomic mass is 10.0. The van der Waals surface area contributed by atoms with E-state index in [-0.39, 0.29) is 0 Å². The first-order valence-corrected chi connectivity index (χ1v) is 9.12. The van der Waals surface area contributed by atoms with Crippen molar-refractivity contribution in [1.29, 1.82) is 0 Å². The molecule has 1 atom stereocenters. The van der Waals surface area contributed by atoms with Crippen LogP contribution < -0.4 is 20.1 Å². The molecule has 5 heteroatoms. The molecule has 0 spiro atoms. The smallest absolute Gasteiger partial charge is 0.166 e. The van der Waals surface area contributed by atoms with Crippen LogP contribution in [0.3, 0.4) is 0 Å². The highest BCUT2D eigenvalue weighted by Gasteiger charge is 2.06. The van der Waals surface area contributed by atoms with Gasteiger partial charge in [0, 0.05) is 12.6 Å². The molecule has 0 saturated heterocycles. The van der Waals surface area contributed by atoms with E-state index in [9.17, 15) is 0 Å². The standard InChI is InChI=1S/C19H32N2O2S/c1-14(2)7-6-8-15(3)21-19(24)20-12-11-16-9-10-17(22-4)18(13-16)23-5/h9-10,13-15H,6-8,11-12H2,1-5H3,(H2,20,21,24). The predicted molar refractivity (Wildman–Crippen MR) is 105 cm³/mol. The Bertz CT molecular complexity index is 506. The monoisotopic (exact) mass is 352 g/mol. The van der Waals surface area contributed by atoms with Crippen molar-refractivity contribution in [3.63, 3.8) is 0 Å². The molecule has 1 unspecified atom stereocenters. The molecule has 136 valence electrons. The molecule has 0 fully saturated rings. The second-order valence-corrected chi connectivity index (χ2v) is 6.97. The molecule has 0 radical (unpaired) electrons. The first kappa shape index (κ1) is 20.6. The highest BCUT2D eigenvalue weighted by atomic mass is 32.1. The fourth-order valence-corrected chi connectivity index (χ4v) is 2.84. The first-order valence-electron chi connectivity index (χ1n) is 8.71. The lowest BCUT2D eigenvalue weighted by molar-refractivity contribution is 0.354. The van der Waals surface area contributed by atoms with Crippen molar-refractivity contribution in [2.75, 3.05) is 20.8 Å². The molecule has 0 bridgehead atoms. The Morgan fingerprint density at radius 2 is 1.79 bits per heavy atom. The molecule has 0 saturated carbocycles. The summed E-state index contributed by atoms with van der Waals surface area (Å²) in [6.45, 7) is 7.50. The number of thiocarbonyl (C=S) groups is 1. The van der Waals surface area contributed by atoms with Crippen LogP contribution in [-0.4, -0.2) is 31.9 Å². The lowest BCUT2D eigenvalue weighted by Crippen LogP contribution is -2.41. The SMILES string of the molecule is COc1ccc(CCNC(=S)NC(C)CCCC(C)C)cc1OC. The number of methoxy groups -OCH3 is 2. The van der Waals surface area contributed by atoms with Crippen molar-refractivity contribution in [2.24, 2.45) is 5.92 Å². The lowest BCUT2D eigenvalue weighted by Gasteiger charge is -2.17. The van der Waals surface area contributed by atoms with Crippen LogP contribution in [0.5, 0.6) is 11.5 Å². The quantitative estimate of drug-likeness (QED) is 0.625. The van der Waals surface area contributed by atoms with Crippen molar-refractivity contribution in [3.05, 3.63) is 23.8 Å². The van der Waals surface area contributed by atoms with Crippen LogP contribution >= 0.6 is 12.2 Å². The van der Waals surface area contributed by atoms with Gasteiger partial charge in [-0.05, 0) is 55.6 Å². The molecule has 1 aromatic rings. The second-order valence-electron chi connectivity index (χ2n) is 6.57. The summed E-state index contributed by atoms with van der Waals surface area (Å²) >= 11 is 5.37. The molecule has 0 aromatic heterocycles. The summed E-state index contributed by atoms with van der Waals surface area (Å²) in [6, 6.07) is 6.39. The van der Waals surface area contributed by atoms with Crippen LogP contribution in [0.1, 0.15) is 45.6 Å². The van der Waals surface area contributed by atoms with Crippen LogP contribution in [-0.2, 0) is 6.42 Å². The van der Waals surface area contributed by atoms with Gasteiger partial charge < -0.3 is 20.1 Å². The fraction of sp³-hybridized carbons (Fsp3) is 0.632. The number of hydrogen-bond donors (Lipinski definition) is 2. The maximum Gasteiger partial charge on any atom is 0.166 e. The van der Waals surface area contributed by atoms with Crippen LogP contribution in [0.4, 0.5) is 0 Å². The zero-order valence-electron chi connectivity index (χ0n) is 15.6. The Morgan fingerprint density at radius 1 is 1.08 bits per heavy atom. The normalized spacial score (nSPS) is 11.9. The van der Waals surface area contributed by atoms with Gasteiger partial charge in [-0.3, -0.25) is 0 Å². The maximum absolute atomic E-state index is 5.37. The molecule has 0 amide bonds. The molecule has 0 aliphatic carbocycles. The van der Waals surface area contributed by atoms with Crippen molar-refractivity contribution >= 4 is 17.3 Å². The number of hydrogen-bond acceptors (Lipinski definition) is 3. The van der Waals surface area contributed by atoms with E-state index in [0.717, 1.165) is 41.9 Å². The van der Waals surface area contributed by atoms with Gasteiger partial charge in [-0.15, -0.1) is 0 Å². The maximum atomic E-state index is 5.37. The van der Waals surface area contributed by atoms with E-state index in [4.69, 9.17) is 21.7 Å². The Hall–Kier alpha value is -1.49. The van der Waals surface area contributed by atoms with E-state index in [0.29, 0.717) is 6.04 Å². The summed E-state index contributed by atoms with van der Waals surface area (Å²) < 4.78 is 10.6. The van der Waals surface area contributed by atoms with E-state index >= 15 is 0 Å². The van der Waals surface area contributed by atoms with Crippen molar-refractivity contribution < 1.29 is 9.47 Å². The molecule has 1 aromatic carbocycles. The second kappa shape index (κ2) is 11.1. The van der Waals surface area contributed by atoms with Crippen molar-refractivity contribution in [1.82, 2.24) is 10.6 Å². The predicted octanol–water partition coefficient (Wildman–Crippen LogP) is 3.93. The Labute approximate surface area is 152 Å². The zero-order chi connectivity index (χ0) is 17.9. The molecule has 1 rings (SSSR count). The van der Waals surface area contributed by atoms with Crippen molar-refractivity contribution in [2.45, 2.75) is 52.5 Å². The zero-order valence-corrected chi connectivity index (χ0v) is 16.5. The van der Waals surface area contributed by atoms with E-state index in [1.165, 1.54) is 18.4 Å². The molecule has 4 nitrogen and oxygen atoms in total. The largest absolute Gasteiger partial charge is 0.493 e. The summed E-state index contributed by atoms with van der Waals surface area (Å²) in [5.74, 6) is 2.28. The molecule has 0 aliphatic rings. The minimum atomic E-state index is 0.407. The van der Waals surface area contributed by atoms with Gasteiger partial charge in [0.05, 0.1) is 14.2 Å². The minimum Gasteiger partial charge on any atom is -0.493 e. The molecular weight excluding hydrogens is 320 g/mol. The van der Waals surface area contributed by atoms with Gasteiger partial charge in [-0.25, -0.2) is 0 Å². The van der Waals surface area contributed by atoms with E-state index in [1.54, 1.807) is 14.2 Å². The third-order valence-electron chi connectivity index (χ3n) is 3.94. The van der Waals surface area contributed by atoms with Gasteiger partial charge >= 0.3 is 0 Å². The van der Waals surface area contributed by atoms with Gasteiger partial charge in [0.1, 0.15) is 0 Å². The summed E-state index contributed by atoms with van der Waals surface area (Å²) in [7, 11) is 3.30. The first-order chi connectivity index (χ1) is 11.5. The van der Waals surface area contributed by atoms with E-state index in [1.807, 2.05) is 18.2 Å². The van der Waals surface area contributed by atoms with E-state index < -0.39 is 0 Å². The van der Waals surface area contributed by atoms with Crippen molar-refractivity contribution in [3.8, 4) is 11.5 Å². The summed E-state index contributed by atoms with van der Waals surface area (Å²) in [5.41, 5.74) is 1.19. The third kappa shape index (κ3) is 7.86. The van der Waals surface area contributed by atoms with E-state index in [2.05, 4.69) is 31.4 Å². The fourth-order valence-electron chi connectivity index (χ4n) is 2.54. The number of benzene rings is 1. The van der Waals surface area contributed by atoms with Gasteiger partial charge in [-0.1, -0.05) is 32.8 Å². The molecule has 0 heterocycles. The molecule has 2 N–H and O–H groups in total. The summed E-state index contributed by atoms with van der Waals surface area (Å²) in [4.78, 5) is 0. The summed E-state index contributed by atoms with van der Waals surface area (Å²) in [6.07, 6.45) is 4.53. The Balaban J connectivity index is 2.30. The topological polar surface area (TPSA) is 42.5 Å². The van der Waals surface area contributed by atoms with Gasteiger partial charge in [0.2, 0.25) is 0 Å². The minimum absolute atomic E-state index is 0.407. The average molecular weight is 353 g/mol. The van der Waals surface area contributed by atoms with Crippen LogP contribution in [0.2, 0.25) is 0 Å². The van der Waals surface area contributed by atoms with Gasteiger partial charge in [-0.2, -0.15) is 0 Å². The Morgan fingerprint density at radius 3 is 2.42 bits per heavy atom. The average Bonchev–Trinajstić information content (AvgIpc) is 2.54. The van der Waals surface area contributed by atoms with Crippen LogP contribution in [0.25, 0.3) is 0 Å². The number of rotatable bonds is 10. The highest BCUT2D eigenvalue weighted by Crippen LogP contribution is 2.27. The highest BCUT2D eigenvalue weighted by molar-refractivity contribution is 7.80. The van der Waals surface area contributed by atoms with Gasteiger partial charge in [0.15, 0.2) is 16.6 Å². The van der Waals surface area contributed by atoms with Gasteiger partial charge in [0.25, 0.3) is 0 Å². The van der Waals surface area contributed by atoms with Crippen LogP contribution in [0, 0.1) is 5.92 Å². The number of ether oxygens (including phenoxy) is 2.